The molecular formula is C31H22Cl4Zr. The Morgan fingerprint density at radius 1 is 0.639 bits per heavy atom. The summed E-state index contributed by atoms with van der Waals surface area (Å²) in [6.45, 7) is 0. The molecule has 178 valence electrons. The molecule has 0 bridgehead atoms. The minimum absolute atomic E-state index is 0. The SMILES string of the molecule is Clc1ccc2c(c1)C(C(C1=CC=CC1)(c1ccccc1)c1ccccc1)c1cc(Cl)ccc1-2.[Cl-].[Cl-].[Zr+2]. The predicted octanol–water partition coefficient (Wildman–Crippen LogP) is 2.98. The Morgan fingerprint density at radius 3 is 1.53 bits per heavy atom. The third-order valence-electron chi connectivity index (χ3n) is 7.11. The Kier molecular flexibility index (Phi) is 9.53. The standard InChI is InChI=1S/C31H22Cl2.2ClH.Zr/c32-24-15-17-26-27-18-16-25(33)20-29(27)30(28(26)19-24)31(23-13-7-8-14-23,21-9-3-1-4-10-21)22-11-5-2-6-12-22;;;/h1-13,15-20,30H,14H2;2*1H;/q;;;+2/p-2. The molecule has 2 aliphatic rings. The smallest absolute Gasteiger partial charge is 1.00 e. The fourth-order valence-corrected chi connectivity index (χ4v) is 6.23. The Balaban J connectivity index is 0.00000120. The maximum Gasteiger partial charge on any atom is 2.00 e. The van der Waals surface area contributed by atoms with Crippen LogP contribution in [0.1, 0.15) is 34.6 Å². The average Bonchev–Trinajstić information content (AvgIpc) is 3.49. The molecule has 0 unspecified atom stereocenters. The van der Waals surface area contributed by atoms with Crippen molar-refractivity contribution in [1.29, 1.82) is 0 Å². The molecule has 5 heteroatoms. The first-order valence-corrected chi connectivity index (χ1v) is 12.0. The molecule has 0 saturated carbocycles. The molecule has 0 atom stereocenters. The predicted molar refractivity (Wildman–Crippen MR) is 139 cm³/mol. The first kappa shape index (κ1) is 29.0. The summed E-state index contributed by atoms with van der Waals surface area (Å²) in [4.78, 5) is 0. The Labute approximate surface area is 254 Å². The average molecular weight is 628 g/mol. The van der Waals surface area contributed by atoms with E-state index in [2.05, 4.69) is 103 Å². The van der Waals surface area contributed by atoms with Crippen LogP contribution in [0.3, 0.4) is 0 Å². The summed E-state index contributed by atoms with van der Waals surface area (Å²) < 4.78 is 0. The van der Waals surface area contributed by atoms with Crippen LogP contribution >= 0.6 is 23.2 Å². The van der Waals surface area contributed by atoms with Crippen LogP contribution in [0.5, 0.6) is 0 Å². The van der Waals surface area contributed by atoms with Gasteiger partial charge in [-0.05, 0) is 64.1 Å². The number of halogens is 4. The molecule has 0 heterocycles. The number of rotatable bonds is 4. The van der Waals surface area contributed by atoms with E-state index < -0.39 is 5.41 Å². The topological polar surface area (TPSA) is 0 Å². The van der Waals surface area contributed by atoms with Gasteiger partial charge in [-0.3, -0.25) is 0 Å². The van der Waals surface area contributed by atoms with Crippen molar-refractivity contribution in [3.8, 4) is 11.1 Å². The summed E-state index contributed by atoms with van der Waals surface area (Å²) in [7, 11) is 0. The van der Waals surface area contributed by atoms with Gasteiger partial charge in [-0.1, -0.05) is 120 Å². The van der Waals surface area contributed by atoms with E-state index in [0.717, 1.165) is 16.5 Å². The van der Waals surface area contributed by atoms with Gasteiger partial charge in [-0.15, -0.1) is 0 Å². The summed E-state index contributed by atoms with van der Waals surface area (Å²) in [6, 6.07) is 34.4. The second kappa shape index (κ2) is 11.8. The van der Waals surface area contributed by atoms with Crippen LogP contribution in [-0.2, 0) is 31.6 Å². The number of benzene rings is 4. The van der Waals surface area contributed by atoms with Crippen LogP contribution < -0.4 is 24.8 Å². The first-order valence-electron chi connectivity index (χ1n) is 11.3. The maximum atomic E-state index is 6.61. The third kappa shape index (κ3) is 4.59. The summed E-state index contributed by atoms with van der Waals surface area (Å²) >= 11 is 13.2. The quantitative estimate of drug-likeness (QED) is 0.327. The van der Waals surface area contributed by atoms with Crippen LogP contribution in [-0.4, -0.2) is 0 Å². The number of fused-ring (bicyclic) bond motifs is 3. The van der Waals surface area contributed by atoms with Crippen LogP contribution in [0.25, 0.3) is 11.1 Å². The molecule has 0 nitrogen and oxygen atoms in total. The summed E-state index contributed by atoms with van der Waals surface area (Å²) in [5.74, 6) is 0.0378. The van der Waals surface area contributed by atoms with Crippen LogP contribution in [0, 0.1) is 0 Å². The molecule has 0 aliphatic heterocycles. The Bertz CT molecular complexity index is 1320. The van der Waals surface area contributed by atoms with Gasteiger partial charge >= 0.3 is 26.2 Å². The molecule has 4 aromatic carbocycles. The molecule has 0 saturated heterocycles. The van der Waals surface area contributed by atoms with Gasteiger partial charge in [0.2, 0.25) is 0 Å². The van der Waals surface area contributed by atoms with Crippen molar-refractivity contribution in [3.63, 3.8) is 0 Å². The molecule has 4 aromatic rings. The maximum absolute atomic E-state index is 6.61. The van der Waals surface area contributed by atoms with Gasteiger partial charge in [0.05, 0.1) is 5.41 Å². The summed E-state index contributed by atoms with van der Waals surface area (Å²) in [6.07, 6.45) is 7.64. The van der Waals surface area contributed by atoms with E-state index in [4.69, 9.17) is 23.2 Å². The van der Waals surface area contributed by atoms with E-state index in [1.165, 1.54) is 39.0 Å². The van der Waals surface area contributed by atoms with E-state index in [-0.39, 0.29) is 56.9 Å². The van der Waals surface area contributed by atoms with Crippen molar-refractivity contribution in [2.45, 2.75) is 17.8 Å². The third-order valence-corrected chi connectivity index (χ3v) is 7.58. The van der Waals surface area contributed by atoms with Crippen LogP contribution in [0.15, 0.2) is 121 Å². The molecule has 0 fully saturated rings. The molecule has 36 heavy (non-hydrogen) atoms. The van der Waals surface area contributed by atoms with Crippen molar-refractivity contribution < 1.29 is 51.0 Å². The zero-order valence-corrected chi connectivity index (χ0v) is 24.7. The molecule has 0 radical (unpaired) electrons. The van der Waals surface area contributed by atoms with E-state index in [9.17, 15) is 0 Å². The van der Waals surface area contributed by atoms with Gasteiger partial charge in [0.15, 0.2) is 0 Å². The second-order valence-corrected chi connectivity index (χ2v) is 9.63. The molecule has 0 amide bonds. The number of hydrogen-bond acceptors (Lipinski definition) is 0. The van der Waals surface area contributed by atoms with Gasteiger partial charge in [0, 0.05) is 16.0 Å². The monoisotopic (exact) mass is 624 g/mol. The fraction of sp³-hybridized carbons (Fsp3) is 0.0968. The van der Waals surface area contributed by atoms with Crippen molar-refractivity contribution in [1.82, 2.24) is 0 Å². The van der Waals surface area contributed by atoms with Crippen molar-refractivity contribution in [2.24, 2.45) is 0 Å². The Hall–Kier alpha value is -1.60. The van der Waals surface area contributed by atoms with E-state index in [1.54, 1.807) is 0 Å². The van der Waals surface area contributed by atoms with Gasteiger partial charge in [0.25, 0.3) is 0 Å². The molecule has 6 rings (SSSR count). The largest absolute Gasteiger partial charge is 2.00 e. The molecule has 2 aliphatic carbocycles. The normalized spacial score (nSPS) is 13.6. The summed E-state index contributed by atoms with van der Waals surface area (Å²) in [5, 5.41) is 1.51. The Morgan fingerprint density at radius 2 is 1.11 bits per heavy atom. The minimum Gasteiger partial charge on any atom is -1.00 e. The van der Waals surface area contributed by atoms with Gasteiger partial charge < -0.3 is 24.8 Å². The van der Waals surface area contributed by atoms with E-state index in [0.29, 0.717) is 0 Å². The molecule has 0 aromatic heterocycles. The van der Waals surface area contributed by atoms with E-state index in [1.807, 2.05) is 12.1 Å². The van der Waals surface area contributed by atoms with Gasteiger partial charge in [-0.2, -0.15) is 0 Å². The number of allylic oxidation sites excluding steroid dienone is 4. The van der Waals surface area contributed by atoms with Crippen molar-refractivity contribution in [2.75, 3.05) is 0 Å². The minimum atomic E-state index is -0.401. The van der Waals surface area contributed by atoms with Gasteiger partial charge in [0.1, 0.15) is 0 Å². The van der Waals surface area contributed by atoms with E-state index >= 15 is 0 Å². The summed E-state index contributed by atoms with van der Waals surface area (Å²) in [5.41, 5.74) is 8.49. The molecule has 0 N–H and O–H groups in total. The number of hydrogen-bond donors (Lipinski definition) is 0. The van der Waals surface area contributed by atoms with Gasteiger partial charge in [-0.25, -0.2) is 0 Å². The second-order valence-electron chi connectivity index (χ2n) is 8.76. The fourth-order valence-electron chi connectivity index (χ4n) is 5.87. The first-order chi connectivity index (χ1) is 16.2. The zero-order chi connectivity index (χ0) is 22.4. The van der Waals surface area contributed by atoms with Crippen molar-refractivity contribution >= 4 is 23.2 Å². The van der Waals surface area contributed by atoms with Crippen LogP contribution in [0.4, 0.5) is 0 Å². The molecular weight excluding hydrogens is 605 g/mol. The zero-order valence-electron chi connectivity index (χ0n) is 19.3. The van der Waals surface area contributed by atoms with Crippen molar-refractivity contribution in [3.05, 3.63) is 153 Å². The van der Waals surface area contributed by atoms with Crippen LogP contribution in [0.2, 0.25) is 10.0 Å². The molecule has 0 spiro atoms.